The van der Waals surface area contributed by atoms with Crippen molar-refractivity contribution >= 4 is 52.7 Å². The molecule has 12 heteroatoms. The molecule has 2 atom stereocenters. The van der Waals surface area contributed by atoms with Gasteiger partial charge in [-0.2, -0.15) is 4.98 Å². The van der Waals surface area contributed by atoms with Crippen molar-refractivity contribution < 1.29 is 14.3 Å². The third-order valence-corrected chi connectivity index (χ3v) is 8.75. The fourth-order valence-electron chi connectivity index (χ4n) is 5.36. The van der Waals surface area contributed by atoms with E-state index in [-0.39, 0.29) is 18.5 Å². The summed E-state index contributed by atoms with van der Waals surface area (Å²) in [6.07, 6.45) is 3.52. The van der Waals surface area contributed by atoms with Gasteiger partial charge in [0.05, 0.1) is 12.2 Å². The molecule has 0 bridgehead atoms. The quantitative estimate of drug-likeness (QED) is 0.297. The van der Waals surface area contributed by atoms with Crippen molar-refractivity contribution in [1.82, 2.24) is 25.1 Å². The molecule has 3 amide bonds. The predicted octanol–water partition coefficient (Wildman–Crippen LogP) is 5.35. The lowest BCUT2D eigenvalue weighted by Gasteiger charge is -2.46. The maximum Gasteiger partial charge on any atom is 0.327 e. The number of aromatic nitrogens is 2. The molecule has 0 unspecified atom stereocenters. The molecular weight excluding hydrogens is 583 g/mol. The lowest BCUT2D eigenvalue weighted by atomic mass is 9.71. The molecule has 1 saturated heterocycles. The molecule has 9 nitrogen and oxygen atoms in total. The minimum atomic E-state index is -1.09. The van der Waals surface area contributed by atoms with Gasteiger partial charge >= 0.3 is 6.03 Å². The van der Waals surface area contributed by atoms with Crippen molar-refractivity contribution in [2.24, 2.45) is 4.99 Å². The molecule has 2 aromatic carbocycles. The first kappa shape index (κ1) is 29.2. The second kappa shape index (κ2) is 11.5. The number of urea groups is 1. The minimum Gasteiger partial charge on any atom is -0.477 e. The van der Waals surface area contributed by atoms with Gasteiger partial charge in [0.2, 0.25) is 11.8 Å². The van der Waals surface area contributed by atoms with E-state index in [2.05, 4.69) is 15.3 Å². The molecule has 41 heavy (non-hydrogen) atoms. The van der Waals surface area contributed by atoms with Crippen molar-refractivity contribution in [2.45, 2.75) is 37.0 Å². The summed E-state index contributed by atoms with van der Waals surface area (Å²) >= 11 is 14.0. The molecule has 1 N–H and O–H groups in total. The molecule has 3 aromatic rings. The summed E-state index contributed by atoms with van der Waals surface area (Å²) in [4.78, 5) is 44.6. The number of benzene rings is 2. The van der Waals surface area contributed by atoms with E-state index in [1.807, 2.05) is 51.3 Å². The maximum absolute atomic E-state index is 14.6. The molecule has 3 heterocycles. The van der Waals surface area contributed by atoms with Crippen LogP contribution >= 0.6 is 35.0 Å². The van der Waals surface area contributed by atoms with E-state index in [0.717, 1.165) is 11.1 Å². The second-order valence-electron chi connectivity index (χ2n) is 9.99. The highest BCUT2D eigenvalue weighted by Gasteiger charge is 2.60. The molecule has 2 aliphatic rings. The Labute approximate surface area is 253 Å². The van der Waals surface area contributed by atoms with Crippen LogP contribution in [0.1, 0.15) is 37.5 Å². The van der Waals surface area contributed by atoms with Gasteiger partial charge in [0.25, 0.3) is 0 Å². The molecule has 0 aliphatic carbocycles. The second-order valence-corrected chi connectivity index (χ2v) is 11.6. The van der Waals surface area contributed by atoms with Crippen molar-refractivity contribution in [3.8, 4) is 5.88 Å². The molecule has 214 valence electrons. The van der Waals surface area contributed by atoms with Crippen LogP contribution in [0.25, 0.3) is 0 Å². The number of hydrogen-bond acceptors (Lipinski definition) is 7. The average molecular weight is 614 g/mol. The Morgan fingerprint density at radius 2 is 1.71 bits per heavy atom. The van der Waals surface area contributed by atoms with Gasteiger partial charge in [-0.15, -0.1) is 0 Å². The predicted molar refractivity (Wildman–Crippen MR) is 161 cm³/mol. The van der Waals surface area contributed by atoms with E-state index in [4.69, 9.17) is 32.9 Å². The van der Waals surface area contributed by atoms with E-state index in [1.165, 1.54) is 16.7 Å². The van der Waals surface area contributed by atoms with Crippen LogP contribution < -0.4 is 10.1 Å². The number of amidine groups is 1. The van der Waals surface area contributed by atoms with Crippen molar-refractivity contribution in [2.75, 3.05) is 32.5 Å². The van der Waals surface area contributed by atoms with Crippen LogP contribution in [-0.4, -0.2) is 70.0 Å². The summed E-state index contributed by atoms with van der Waals surface area (Å²) in [5.41, 5.74) is -0.00296. The zero-order chi connectivity index (χ0) is 29.4. The number of thioether (sulfide) groups is 1. The summed E-state index contributed by atoms with van der Waals surface area (Å²) in [6.45, 7) is 6.81. The summed E-state index contributed by atoms with van der Waals surface area (Å²) in [6, 6.07) is 14.5. The number of nitrogens with one attached hydrogen (secondary N) is 1. The first-order valence-corrected chi connectivity index (χ1v) is 15.1. The van der Waals surface area contributed by atoms with Gasteiger partial charge in [-0.05, 0) is 62.4 Å². The number of carbonyl (C=O) groups is 2. The third-order valence-electron chi connectivity index (χ3n) is 7.69. The van der Waals surface area contributed by atoms with Crippen molar-refractivity contribution in [1.29, 1.82) is 0 Å². The first-order chi connectivity index (χ1) is 19.6. The monoisotopic (exact) mass is 612 g/mol. The van der Waals surface area contributed by atoms with Crippen LogP contribution in [0.3, 0.4) is 0 Å². The molecule has 0 saturated carbocycles. The van der Waals surface area contributed by atoms with Crippen LogP contribution in [0.15, 0.2) is 64.9 Å². The highest BCUT2D eigenvalue weighted by atomic mass is 35.5. The number of ether oxygens (including phenoxy) is 1. The molecular formula is C29H30Cl2N6O3S. The van der Waals surface area contributed by atoms with E-state index >= 15 is 0 Å². The number of nitrogens with zero attached hydrogens (tertiary/aromatic N) is 5. The Morgan fingerprint density at radius 1 is 1.07 bits per heavy atom. The highest BCUT2D eigenvalue weighted by Crippen LogP contribution is 2.53. The minimum absolute atomic E-state index is 0.0722. The van der Waals surface area contributed by atoms with E-state index in [1.54, 1.807) is 35.4 Å². The third kappa shape index (κ3) is 5.13. The fourth-order valence-corrected chi connectivity index (χ4v) is 5.94. The van der Waals surface area contributed by atoms with Crippen molar-refractivity contribution in [3.05, 3.63) is 81.5 Å². The van der Waals surface area contributed by atoms with Gasteiger partial charge in [0, 0.05) is 29.3 Å². The Kier molecular flexibility index (Phi) is 8.18. The Bertz CT molecular complexity index is 1500. The summed E-state index contributed by atoms with van der Waals surface area (Å²) in [7, 11) is 0. The topological polar surface area (TPSA) is 100 Å². The van der Waals surface area contributed by atoms with E-state index < -0.39 is 11.1 Å². The number of amides is 3. The number of hydrogen-bond donors (Lipinski definition) is 1. The lowest BCUT2D eigenvalue weighted by molar-refractivity contribution is -0.123. The zero-order valence-corrected chi connectivity index (χ0v) is 25.5. The average Bonchev–Trinajstić information content (AvgIpc) is 3.21. The molecule has 1 fully saturated rings. The highest BCUT2D eigenvalue weighted by molar-refractivity contribution is 7.98. The van der Waals surface area contributed by atoms with E-state index in [9.17, 15) is 9.59 Å². The lowest BCUT2D eigenvalue weighted by Crippen LogP contribution is -2.61. The van der Waals surface area contributed by atoms with Gasteiger partial charge in [-0.25, -0.2) is 9.78 Å². The van der Waals surface area contributed by atoms with Crippen LogP contribution in [0.2, 0.25) is 10.0 Å². The summed E-state index contributed by atoms with van der Waals surface area (Å²) in [5, 5.41) is 4.47. The Hall–Kier alpha value is -3.34. The van der Waals surface area contributed by atoms with Gasteiger partial charge in [0.1, 0.15) is 23.5 Å². The zero-order valence-electron chi connectivity index (χ0n) is 23.1. The largest absolute Gasteiger partial charge is 0.477 e. The van der Waals surface area contributed by atoms with E-state index in [0.29, 0.717) is 52.2 Å². The molecule has 1 aromatic heterocycles. The number of carbonyl (C=O) groups excluding carboxylic acids is 2. The van der Waals surface area contributed by atoms with Crippen LogP contribution in [-0.2, 0) is 15.9 Å². The first-order valence-electron chi connectivity index (χ1n) is 13.1. The fraction of sp³-hybridized carbons (Fsp3) is 0.345. The van der Waals surface area contributed by atoms with Gasteiger partial charge < -0.3 is 15.0 Å². The summed E-state index contributed by atoms with van der Waals surface area (Å²) in [5.74, 6) is 0.434. The van der Waals surface area contributed by atoms with Gasteiger partial charge in [-0.1, -0.05) is 59.2 Å². The Balaban J connectivity index is 1.80. The number of piperazine rings is 1. The molecule has 0 radical (unpaired) electrons. The normalized spacial score (nSPS) is 22.4. The van der Waals surface area contributed by atoms with Crippen molar-refractivity contribution in [3.63, 3.8) is 0 Å². The molecule has 5 rings (SSSR count). The smallest absolute Gasteiger partial charge is 0.327 e. The SMILES string of the molecule is CCOc1nc(SC)ncc1C1=N[C@@](C)(c2ccc(Cl)cc2)[C@](C)(c2ccc(Cl)cc2)N1C(=O)N1CCNC(=O)C1. The van der Waals surface area contributed by atoms with Crippen LogP contribution in [0, 0.1) is 0 Å². The number of rotatable bonds is 6. The molecule has 0 spiro atoms. The van der Waals surface area contributed by atoms with Crippen LogP contribution in [0.5, 0.6) is 5.88 Å². The van der Waals surface area contributed by atoms with Gasteiger partial charge in [-0.3, -0.25) is 14.7 Å². The number of aliphatic imine (C=N–C) groups is 1. The molecule has 2 aliphatic heterocycles. The maximum atomic E-state index is 14.6. The number of halogens is 2. The standard InChI is InChI=1S/C29H30Cl2N6O3S/c1-5-40-25-22(16-33-26(34-25)41-4)24-35-28(2,18-6-10-20(30)11-7-18)29(3,19-8-12-21(31)13-9-19)37(24)27(39)36-15-14-32-23(38)17-36/h6-13,16H,5,14-15,17H2,1-4H3,(H,32,38)/t28-,29-/m0/s1. The summed E-state index contributed by atoms with van der Waals surface area (Å²) < 4.78 is 5.97. The van der Waals surface area contributed by atoms with Gasteiger partial charge in [0.15, 0.2) is 5.16 Å². The Morgan fingerprint density at radius 3 is 2.29 bits per heavy atom. The van der Waals surface area contributed by atoms with Crippen LogP contribution in [0.4, 0.5) is 4.79 Å².